The molecular formula is C18H34S. The molecule has 0 aromatic carbocycles. The molecule has 0 aromatic rings. The Bertz CT molecular complexity index is 333. The smallest absolute Gasteiger partial charge is 0.00219 e. The highest BCUT2D eigenvalue weighted by Gasteiger charge is 2.44. The summed E-state index contributed by atoms with van der Waals surface area (Å²) in [6, 6.07) is 0. The van der Waals surface area contributed by atoms with E-state index in [-0.39, 0.29) is 10.8 Å². The van der Waals surface area contributed by atoms with Gasteiger partial charge >= 0.3 is 0 Å². The Balaban J connectivity index is 3.71. The molecule has 1 aliphatic rings. The fourth-order valence-corrected chi connectivity index (χ4v) is 5.57. The zero-order chi connectivity index (χ0) is 15.3. The molecule has 0 N–H and O–H groups in total. The third-order valence-electron chi connectivity index (χ3n) is 4.03. The maximum atomic E-state index is 2.44. The van der Waals surface area contributed by atoms with E-state index in [0.717, 1.165) is 0 Å². The first-order valence-electron chi connectivity index (χ1n) is 7.53. The van der Waals surface area contributed by atoms with Crippen molar-refractivity contribution in [3.63, 3.8) is 0 Å². The molecule has 0 saturated carbocycles. The quantitative estimate of drug-likeness (QED) is 0.478. The van der Waals surface area contributed by atoms with Crippen LogP contribution in [0.2, 0.25) is 0 Å². The molecule has 0 bridgehead atoms. The summed E-state index contributed by atoms with van der Waals surface area (Å²) in [5.41, 5.74) is 4.46. The maximum Gasteiger partial charge on any atom is 0.00219 e. The topological polar surface area (TPSA) is 0 Å². The minimum atomic E-state index is 0.244. The number of hydrogen-bond acceptors (Lipinski definition) is 1. The zero-order valence-electron chi connectivity index (χ0n) is 14.8. The molecule has 0 spiro atoms. The molecule has 0 saturated heterocycles. The summed E-state index contributed by atoms with van der Waals surface area (Å²) in [6.45, 7) is 24.1. The van der Waals surface area contributed by atoms with Crippen molar-refractivity contribution in [2.45, 2.75) is 69.2 Å². The Hall–Kier alpha value is 0.0900. The second-order valence-corrected chi connectivity index (χ2v) is 10.5. The van der Waals surface area contributed by atoms with Crippen LogP contribution in [-0.4, -0.2) is 11.5 Å². The maximum absolute atomic E-state index is 2.44. The van der Waals surface area contributed by atoms with Crippen molar-refractivity contribution < 1.29 is 0 Å². The summed E-state index contributed by atoms with van der Waals surface area (Å²) < 4.78 is 0. The molecule has 19 heavy (non-hydrogen) atoms. The van der Waals surface area contributed by atoms with Crippen molar-refractivity contribution in [1.82, 2.24) is 0 Å². The van der Waals surface area contributed by atoms with Crippen molar-refractivity contribution in [2.75, 3.05) is 11.5 Å². The summed E-state index contributed by atoms with van der Waals surface area (Å²) >= 11 is 2.13. The average Bonchev–Trinajstić information content (AvgIpc) is 2.16. The Labute approximate surface area is 125 Å². The van der Waals surface area contributed by atoms with Crippen LogP contribution in [0.5, 0.6) is 0 Å². The first kappa shape index (κ1) is 17.1. The van der Waals surface area contributed by atoms with Gasteiger partial charge in [-0.25, -0.2) is 0 Å². The predicted molar refractivity (Wildman–Crippen MR) is 90.8 cm³/mol. The predicted octanol–water partition coefficient (Wildman–Crippen LogP) is 6.17. The minimum absolute atomic E-state index is 0.244. The van der Waals surface area contributed by atoms with E-state index in [9.17, 15) is 0 Å². The summed E-state index contributed by atoms with van der Waals surface area (Å²) in [5, 5.41) is 0. The summed E-state index contributed by atoms with van der Waals surface area (Å²) in [5.74, 6) is 2.48. The van der Waals surface area contributed by atoms with Gasteiger partial charge in [0.1, 0.15) is 0 Å². The van der Waals surface area contributed by atoms with Gasteiger partial charge in [0, 0.05) is 11.5 Å². The fraction of sp³-hybridized carbons (Fsp3) is 0.889. The molecule has 112 valence electrons. The molecule has 0 atom stereocenters. The van der Waals surface area contributed by atoms with E-state index in [2.05, 4.69) is 81.0 Å². The van der Waals surface area contributed by atoms with Crippen LogP contribution in [0.25, 0.3) is 0 Å². The molecule has 0 aliphatic carbocycles. The van der Waals surface area contributed by atoms with Crippen molar-refractivity contribution in [2.24, 2.45) is 21.7 Å². The number of hydrogen-bond donors (Lipinski definition) is 0. The molecular weight excluding hydrogens is 248 g/mol. The normalized spacial score (nSPS) is 24.3. The zero-order valence-corrected chi connectivity index (χ0v) is 15.6. The van der Waals surface area contributed by atoms with Gasteiger partial charge in [0.05, 0.1) is 0 Å². The van der Waals surface area contributed by atoms with Gasteiger partial charge in [-0.15, -0.1) is 0 Å². The average molecular weight is 283 g/mol. The molecule has 0 fully saturated rings. The molecule has 0 aromatic heterocycles. The van der Waals surface area contributed by atoms with E-state index in [1.165, 1.54) is 11.5 Å². The summed E-state index contributed by atoms with van der Waals surface area (Å²) in [7, 11) is 0. The van der Waals surface area contributed by atoms with Gasteiger partial charge in [0.25, 0.3) is 0 Å². The Morgan fingerprint density at radius 1 is 0.684 bits per heavy atom. The number of thioether (sulfide) groups is 1. The van der Waals surface area contributed by atoms with Crippen LogP contribution in [-0.2, 0) is 0 Å². The van der Waals surface area contributed by atoms with Crippen LogP contribution in [0.15, 0.2) is 11.1 Å². The molecule has 1 rings (SSSR count). The third kappa shape index (κ3) is 3.60. The van der Waals surface area contributed by atoms with E-state index in [1.807, 2.05) is 0 Å². The summed E-state index contributed by atoms with van der Waals surface area (Å²) in [4.78, 5) is 0. The highest BCUT2D eigenvalue weighted by molar-refractivity contribution is 7.99. The summed E-state index contributed by atoms with van der Waals surface area (Å²) in [6.07, 6.45) is 0. The van der Waals surface area contributed by atoms with Gasteiger partial charge in [-0.1, -0.05) is 80.4 Å². The Kier molecular flexibility index (Phi) is 4.35. The van der Waals surface area contributed by atoms with E-state index in [4.69, 9.17) is 0 Å². The highest BCUT2D eigenvalue weighted by atomic mass is 32.2. The lowest BCUT2D eigenvalue weighted by molar-refractivity contribution is 0.299. The van der Waals surface area contributed by atoms with Gasteiger partial charge in [-0.05, 0) is 21.7 Å². The van der Waals surface area contributed by atoms with Gasteiger partial charge in [0.2, 0.25) is 0 Å². The van der Waals surface area contributed by atoms with Gasteiger partial charge in [-0.2, -0.15) is 11.8 Å². The lowest BCUT2D eigenvalue weighted by Crippen LogP contribution is -2.35. The molecule has 1 aliphatic heterocycles. The first-order chi connectivity index (χ1) is 8.20. The molecule has 1 heterocycles. The largest absolute Gasteiger partial charge is 0.160 e. The molecule has 0 nitrogen and oxygen atoms in total. The number of allylic oxidation sites excluding steroid dienone is 2. The van der Waals surface area contributed by atoms with Crippen LogP contribution in [0.4, 0.5) is 0 Å². The van der Waals surface area contributed by atoms with E-state index in [0.29, 0.717) is 10.8 Å². The Morgan fingerprint density at radius 3 is 1.16 bits per heavy atom. The van der Waals surface area contributed by atoms with Gasteiger partial charge in [0.15, 0.2) is 0 Å². The molecule has 1 heteroatoms. The monoisotopic (exact) mass is 282 g/mol. The Morgan fingerprint density at radius 2 is 0.947 bits per heavy atom. The van der Waals surface area contributed by atoms with E-state index in [1.54, 1.807) is 11.1 Å². The molecule has 0 unspecified atom stereocenters. The lowest BCUT2D eigenvalue weighted by atomic mass is 9.60. The van der Waals surface area contributed by atoms with Gasteiger partial charge < -0.3 is 0 Å². The molecule has 0 radical (unpaired) electrons. The first-order valence-corrected chi connectivity index (χ1v) is 8.69. The minimum Gasteiger partial charge on any atom is -0.160 e. The highest BCUT2D eigenvalue weighted by Crippen LogP contribution is 2.55. The van der Waals surface area contributed by atoms with Crippen molar-refractivity contribution in [3.05, 3.63) is 11.1 Å². The third-order valence-corrected chi connectivity index (χ3v) is 5.88. The van der Waals surface area contributed by atoms with Crippen molar-refractivity contribution >= 4 is 11.8 Å². The second-order valence-electron chi connectivity index (χ2n) is 9.51. The fourth-order valence-electron chi connectivity index (χ4n) is 4.16. The number of rotatable bonds is 0. The van der Waals surface area contributed by atoms with Crippen LogP contribution in [0.1, 0.15) is 69.2 Å². The van der Waals surface area contributed by atoms with Crippen molar-refractivity contribution in [1.29, 1.82) is 0 Å². The lowest BCUT2D eigenvalue weighted by Gasteiger charge is -2.45. The van der Waals surface area contributed by atoms with E-state index < -0.39 is 0 Å². The van der Waals surface area contributed by atoms with Crippen molar-refractivity contribution in [3.8, 4) is 0 Å². The van der Waals surface area contributed by atoms with Gasteiger partial charge in [-0.3, -0.25) is 0 Å². The van der Waals surface area contributed by atoms with Crippen LogP contribution < -0.4 is 0 Å². The SMILES string of the molecule is CC(C)(C)C1=C(C(C)(C)C)C(C)(C)CSCC1(C)C. The molecule has 0 amide bonds. The van der Waals surface area contributed by atoms with E-state index >= 15 is 0 Å². The van der Waals surface area contributed by atoms with Crippen LogP contribution >= 0.6 is 11.8 Å². The second kappa shape index (κ2) is 4.83. The standard InChI is InChI=1S/C18H34S/c1-15(2,3)13-14(16(4,5)6)18(9,10)12-19-11-17(13,7)8/h11-12H2,1-10H3. The van der Waals surface area contributed by atoms with Crippen LogP contribution in [0.3, 0.4) is 0 Å². The van der Waals surface area contributed by atoms with Crippen LogP contribution in [0, 0.1) is 21.7 Å².